The third-order valence-electron chi connectivity index (χ3n) is 1.96. The van der Waals surface area contributed by atoms with Gasteiger partial charge in [-0.3, -0.25) is 4.79 Å². The minimum atomic E-state index is -0.498. The van der Waals surface area contributed by atoms with Crippen LogP contribution in [0.4, 0.5) is 0 Å². The molecule has 1 aromatic rings. The van der Waals surface area contributed by atoms with Crippen LogP contribution in [-0.4, -0.2) is 22.8 Å². The van der Waals surface area contributed by atoms with Crippen molar-refractivity contribution in [1.29, 1.82) is 5.26 Å². The van der Waals surface area contributed by atoms with E-state index in [0.29, 0.717) is 0 Å². The van der Waals surface area contributed by atoms with Crippen LogP contribution in [0, 0.1) is 11.3 Å². The van der Waals surface area contributed by atoms with Crippen LogP contribution in [-0.2, 0) is 16.0 Å². The minimum Gasteiger partial charge on any atom is -0.508 e. The maximum Gasteiger partial charge on any atom is 0.310 e. The van der Waals surface area contributed by atoms with E-state index in [-0.39, 0.29) is 35.7 Å². The first-order valence-electron chi connectivity index (χ1n) is 4.69. The molecule has 1 rings (SSSR count). The highest BCUT2D eigenvalue weighted by atomic mass is 16.5. The van der Waals surface area contributed by atoms with E-state index in [1.807, 2.05) is 0 Å². The molecule has 0 saturated heterocycles. The van der Waals surface area contributed by atoms with E-state index in [4.69, 9.17) is 10.00 Å². The van der Waals surface area contributed by atoms with Crippen molar-refractivity contribution in [2.24, 2.45) is 0 Å². The summed E-state index contributed by atoms with van der Waals surface area (Å²) in [6, 6.07) is 4.02. The minimum absolute atomic E-state index is 0.0369. The number of esters is 1. The molecule has 0 atom stereocenters. The second-order valence-corrected chi connectivity index (χ2v) is 3.09. The summed E-state index contributed by atoms with van der Waals surface area (Å²) >= 11 is 0. The number of rotatable bonds is 3. The molecule has 84 valence electrons. The third-order valence-corrected chi connectivity index (χ3v) is 1.96. The zero-order valence-corrected chi connectivity index (χ0v) is 8.73. The highest BCUT2D eigenvalue weighted by molar-refractivity contribution is 5.74. The molecule has 0 spiro atoms. The monoisotopic (exact) mass is 221 g/mol. The van der Waals surface area contributed by atoms with Crippen LogP contribution in [0.1, 0.15) is 18.1 Å². The van der Waals surface area contributed by atoms with Crippen molar-refractivity contribution in [2.45, 2.75) is 13.3 Å². The van der Waals surface area contributed by atoms with E-state index in [0.717, 1.165) is 6.07 Å². The Morgan fingerprint density at radius 3 is 2.69 bits per heavy atom. The average Bonchev–Trinajstić information content (AvgIpc) is 2.23. The van der Waals surface area contributed by atoms with Crippen molar-refractivity contribution in [2.75, 3.05) is 6.61 Å². The summed E-state index contributed by atoms with van der Waals surface area (Å²) in [6.07, 6.45) is -0.140. The van der Waals surface area contributed by atoms with Gasteiger partial charge in [-0.15, -0.1) is 0 Å². The Bertz CT molecular complexity index is 448. The molecule has 0 aliphatic rings. The van der Waals surface area contributed by atoms with Crippen molar-refractivity contribution in [3.05, 3.63) is 23.3 Å². The van der Waals surface area contributed by atoms with Gasteiger partial charge in [0.1, 0.15) is 17.6 Å². The summed E-state index contributed by atoms with van der Waals surface area (Å²) in [4.78, 5) is 11.2. The Morgan fingerprint density at radius 2 is 2.12 bits per heavy atom. The lowest BCUT2D eigenvalue weighted by Gasteiger charge is -2.06. The van der Waals surface area contributed by atoms with Gasteiger partial charge >= 0.3 is 5.97 Å². The zero-order valence-electron chi connectivity index (χ0n) is 8.73. The first kappa shape index (κ1) is 11.9. The number of nitriles is 1. The summed E-state index contributed by atoms with van der Waals surface area (Å²) in [5.41, 5.74) is 0.194. The van der Waals surface area contributed by atoms with Crippen molar-refractivity contribution >= 4 is 5.97 Å². The number of aromatic hydroxyl groups is 2. The standard InChI is InChI=1S/C11H11NO4/c1-2-16-11(15)5-7-3-10(14)8(6-12)4-9(7)13/h3-4,13-14H,2,5H2,1H3. The van der Waals surface area contributed by atoms with Crippen LogP contribution < -0.4 is 0 Å². The molecule has 0 aromatic heterocycles. The van der Waals surface area contributed by atoms with Crippen LogP contribution in [0.2, 0.25) is 0 Å². The van der Waals surface area contributed by atoms with Crippen molar-refractivity contribution in [3.8, 4) is 17.6 Å². The molecular formula is C11H11NO4. The lowest BCUT2D eigenvalue weighted by Crippen LogP contribution is -2.07. The Balaban J connectivity index is 2.95. The molecule has 0 amide bonds. The maximum absolute atomic E-state index is 11.2. The summed E-state index contributed by atoms with van der Waals surface area (Å²) in [5, 5.41) is 27.5. The van der Waals surface area contributed by atoms with E-state index in [9.17, 15) is 15.0 Å². The molecule has 0 radical (unpaired) electrons. The molecule has 1 aromatic carbocycles. The van der Waals surface area contributed by atoms with Gasteiger partial charge in [0.2, 0.25) is 0 Å². The Labute approximate surface area is 92.5 Å². The smallest absolute Gasteiger partial charge is 0.310 e. The molecular weight excluding hydrogens is 210 g/mol. The number of benzene rings is 1. The first-order valence-corrected chi connectivity index (χ1v) is 4.69. The molecule has 16 heavy (non-hydrogen) atoms. The predicted molar refractivity (Wildman–Crippen MR) is 54.8 cm³/mol. The Hall–Kier alpha value is -2.22. The molecule has 0 saturated carbocycles. The lowest BCUT2D eigenvalue weighted by molar-refractivity contribution is -0.142. The second kappa shape index (κ2) is 5.03. The number of hydrogen-bond acceptors (Lipinski definition) is 5. The number of ether oxygens (including phenoxy) is 1. The van der Waals surface area contributed by atoms with Crippen molar-refractivity contribution in [3.63, 3.8) is 0 Å². The Kier molecular flexibility index (Phi) is 3.72. The SMILES string of the molecule is CCOC(=O)Cc1cc(O)c(C#N)cc1O. The number of carbonyl (C=O) groups excluding carboxylic acids is 1. The van der Waals surface area contributed by atoms with Gasteiger partial charge in [0.25, 0.3) is 0 Å². The number of phenolic OH excluding ortho intramolecular Hbond substituents is 2. The van der Waals surface area contributed by atoms with Crippen molar-refractivity contribution in [1.82, 2.24) is 0 Å². The van der Waals surface area contributed by atoms with Crippen LogP contribution >= 0.6 is 0 Å². The normalized spacial score (nSPS) is 9.50. The molecule has 0 unspecified atom stereocenters. The first-order chi connectivity index (χ1) is 7.58. The quantitative estimate of drug-likeness (QED) is 0.588. The van der Waals surface area contributed by atoms with Crippen LogP contribution in [0.5, 0.6) is 11.5 Å². The number of nitrogens with zero attached hydrogens (tertiary/aromatic N) is 1. The fourth-order valence-corrected chi connectivity index (χ4v) is 1.22. The molecule has 0 fully saturated rings. The molecule has 5 nitrogen and oxygen atoms in total. The van der Waals surface area contributed by atoms with Gasteiger partial charge in [-0.1, -0.05) is 0 Å². The summed E-state index contributed by atoms with van der Waals surface area (Å²) in [5.74, 6) is -0.969. The molecule has 0 heterocycles. The Morgan fingerprint density at radius 1 is 1.44 bits per heavy atom. The molecule has 0 aliphatic carbocycles. The van der Waals surface area contributed by atoms with E-state index in [2.05, 4.69) is 0 Å². The largest absolute Gasteiger partial charge is 0.508 e. The van der Waals surface area contributed by atoms with E-state index >= 15 is 0 Å². The average molecular weight is 221 g/mol. The van der Waals surface area contributed by atoms with Crippen LogP contribution in [0.15, 0.2) is 12.1 Å². The highest BCUT2D eigenvalue weighted by Gasteiger charge is 2.12. The molecule has 0 aliphatic heterocycles. The fraction of sp³-hybridized carbons (Fsp3) is 0.273. The summed E-state index contributed by atoms with van der Waals surface area (Å²) in [6.45, 7) is 1.93. The lowest BCUT2D eigenvalue weighted by atomic mass is 10.1. The van der Waals surface area contributed by atoms with Gasteiger partial charge in [-0.2, -0.15) is 5.26 Å². The zero-order chi connectivity index (χ0) is 12.1. The van der Waals surface area contributed by atoms with E-state index < -0.39 is 5.97 Å². The van der Waals surface area contributed by atoms with Crippen LogP contribution in [0.3, 0.4) is 0 Å². The third kappa shape index (κ3) is 2.64. The number of hydrogen-bond donors (Lipinski definition) is 2. The van der Waals surface area contributed by atoms with Gasteiger partial charge in [-0.25, -0.2) is 0 Å². The van der Waals surface area contributed by atoms with E-state index in [1.165, 1.54) is 6.07 Å². The fourth-order valence-electron chi connectivity index (χ4n) is 1.22. The van der Waals surface area contributed by atoms with Gasteiger partial charge in [0, 0.05) is 11.6 Å². The number of phenols is 2. The highest BCUT2D eigenvalue weighted by Crippen LogP contribution is 2.27. The van der Waals surface area contributed by atoms with Gasteiger partial charge in [-0.05, 0) is 13.0 Å². The van der Waals surface area contributed by atoms with Crippen molar-refractivity contribution < 1.29 is 19.7 Å². The van der Waals surface area contributed by atoms with E-state index in [1.54, 1.807) is 13.0 Å². The molecule has 2 N–H and O–H groups in total. The predicted octanol–water partition coefficient (Wildman–Crippen LogP) is 1.08. The van der Waals surface area contributed by atoms with Crippen LogP contribution in [0.25, 0.3) is 0 Å². The number of carbonyl (C=O) groups is 1. The molecule has 0 bridgehead atoms. The van der Waals surface area contributed by atoms with Gasteiger partial charge in [0.05, 0.1) is 18.6 Å². The topological polar surface area (TPSA) is 90.5 Å². The van der Waals surface area contributed by atoms with Gasteiger partial charge < -0.3 is 14.9 Å². The summed E-state index contributed by atoms with van der Waals surface area (Å²) in [7, 11) is 0. The molecule has 5 heteroatoms. The summed E-state index contributed by atoms with van der Waals surface area (Å²) < 4.78 is 4.70. The maximum atomic E-state index is 11.2. The second-order valence-electron chi connectivity index (χ2n) is 3.09. The van der Waals surface area contributed by atoms with Gasteiger partial charge in [0.15, 0.2) is 0 Å².